The van der Waals surface area contributed by atoms with E-state index >= 15 is 0 Å². The van der Waals surface area contributed by atoms with E-state index in [4.69, 9.17) is 16.7 Å². The van der Waals surface area contributed by atoms with Crippen LogP contribution in [0.5, 0.6) is 0 Å². The molecule has 0 atom stereocenters. The number of urea groups is 1. The predicted molar refractivity (Wildman–Crippen MR) is 64.9 cm³/mol. The third-order valence-electron chi connectivity index (χ3n) is 1.54. The lowest BCUT2D eigenvalue weighted by Crippen LogP contribution is -2.30. The smallest absolute Gasteiger partial charge is 0.343 e. The molecule has 3 N–H and O–H groups in total. The molecule has 0 radical (unpaired) electrons. The molecule has 6 nitrogen and oxygen atoms in total. The van der Waals surface area contributed by atoms with Gasteiger partial charge in [0.05, 0.1) is 5.69 Å². The van der Waals surface area contributed by atoms with Gasteiger partial charge in [-0.1, -0.05) is 11.6 Å². The highest BCUT2D eigenvalue weighted by Gasteiger charge is 2.06. The van der Waals surface area contributed by atoms with Gasteiger partial charge < -0.3 is 10.4 Å². The van der Waals surface area contributed by atoms with Crippen LogP contribution in [0.25, 0.3) is 0 Å². The number of carbonyl (C=O) groups is 2. The molecule has 0 saturated heterocycles. The van der Waals surface area contributed by atoms with Crippen molar-refractivity contribution in [2.75, 3.05) is 11.9 Å². The summed E-state index contributed by atoms with van der Waals surface area (Å²) in [6.45, 7) is -0.621. The summed E-state index contributed by atoms with van der Waals surface area (Å²) >= 11 is 8.96. The third kappa shape index (κ3) is 5.03. The van der Waals surface area contributed by atoms with Crippen molar-refractivity contribution in [1.29, 1.82) is 0 Å². The number of hydrogen-bond acceptors (Lipinski definition) is 3. The zero-order chi connectivity index (χ0) is 12.8. The summed E-state index contributed by atoms with van der Waals surface area (Å²) in [5, 5.41) is 11.2. The minimum absolute atomic E-state index is 0.439. The van der Waals surface area contributed by atoms with Crippen LogP contribution >= 0.6 is 27.5 Å². The van der Waals surface area contributed by atoms with Crippen molar-refractivity contribution >= 4 is 45.2 Å². The van der Waals surface area contributed by atoms with E-state index in [0.29, 0.717) is 15.2 Å². The number of benzene rings is 1. The predicted octanol–water partition coefficient (Wildman–Crippen LogP) is 2.24. The van der Waals surface area contributed by atoms with Gasteiger partial charge >= 0.3 is 12.0 Å². The standard InChI is InChI=1S/C9H8BrClN2O4/c10-6-2-1-5(11)3-7(6)12-9(16)13-17-4-8(14)15/h1-3H,4H2,(H,14,15)(H2,12,13,16). The number of carboxylic acids is 1. The van der Waals surface area contributed by atoms with Crippen LogP contribution in [-0.4, -0.2) is 23.7 Å². The molecular formula is C9H8BrClN2O4. The third-order valence-corrected chi connectivity index (χ3v) is 2.46. The van der Waals surface area contributed by atoms with Crippen molar-refractivity contribution in [3.05, 3.63) is 27.7 Å². The van der Waals surface area contributed by atoms with Crippen LogP contribution in [0.1, 0.15) is 0 Å². The Morgan fingerprint density at radius 3 is 2.82 bits per heavy atom. The second-order valence-electron chi connectivity index (χ2n) is 2.86. The van der Waals surface area contributed by atoms with E-state index < -0.39 is 18.6 Å². The summed E-state index contributed by atoms with van der Waals surface area (Å²) in [4.78, 5) is 25.8. The molecule has 0 saturated carbocycles. The number of anilines is 1. The summed E-state index contributed by atoms with van der Waals surface area (Å²) in [6.07, 6.45) is 0. The fraction of sp³-hybridized carbons (Fsp3) is 0.111. The second kappa shape index (κ2) is 6.43. The number of hydroxylamine groups is 1. The van der Waals surface area contributed by atoms with Gasteiger partial charge in [-0.25, -0.2) is 15.1 Å². The summed E-state index contributed by atoms with van der Waals surface area (Å²) in [7, 11) is 0. The zero-order valence-corrected chi connectivity index (χ0v) is 10.7. The number of carbonyl (C=O) groups excluding carboxylic acids is 1. The average Bonchev–Trinajstić information content (AvgIpc) is 2.23. The van der Waals surface area contributed by atoms with Crippen molar-refractivity contribution in [3.8, 4) is 0 Å². The Balaban J connectivity index is 2.50. The Hall–Kier alpha value is -1.31. The minimum atomic E-state index is -1.19. The van der Waals surface area contributed by atoms with Crippen LogP contribution in [0.4, 0.5) is 10.5 Å². The molecule has 1 aromatic rings. The van der Waals surface area contributed by atoms with E-state index in [0.717, 1.165) is 0 Å². The van der Waals surface area contributed by atoms with E-state index in [-0.39, 0.29) is 0 Å². The van der Waals surface area contributed by atoms with Gasteiger partial charge in [0.1, 0.15) is 0 Å². The fourth-order valence-corrected chi connectivity index (χ4v) is 1.42. The maximum absolute atomic E-state index is 11.3. The largest absolute Gasteiger partial charge is 0.479 e. The lowest BCUT2D eigenvalue weighted by molar-refractivity contribution is -0.143. The molecule has 0 aliphatic rings. The minimum Gasteiger partial charge on any atom is -0.479 e. The molecule has 0 bridgehead atoms. The molecule has 0 unspecified atom stereocenters. The first-order chi connectivity index (χ1) is 7.99. The number of nitrogens with one attached hydrogen (secondary N) is 2. The van der Waals surface area contributed by atoms with Gasteiger partial charge in [-0.2, -0.15) is 0 Å². The summed E-state index contributed by atoms with van der Waals surface area (Å²) in [5.41, 5.74) is 2.35. The van der Waals surface area contributed by atoms with Crippen LogP contribution in [0.3, 0.4) is 0 Å². The van der Waals surface area contributed by atoms with E-state index in [2.05, 4.69) is 26.1 Å². The van der Waals surface area contributed by atoms with E-state index in [1.54, 1.807) is 12.1 Å². The monoisotopic (exact) mass is 322 g/mol. The van der Waals surface area contributed by atoms with Gasteiger partial charge in [-0.15, -0.1) is 0 Å². The lowest BCUT2D eigenvalue weighted by Gasteiger charge is -2.08. The van der Waals surface area contributed by atoms with Crippen molar-refractivity contribution in [1.82, 2.24) is 5.48 Å². The molecule has 0 aromatic heterocycles. The molecule has 0 fully saturated rings. The first kappa shape index (κ1) is 13.8. The zero-order valence-electron chi connectivity index (χ0n) is 8.37. The number of aliphatic carboxylic acids is 1. The normalized spacial score (nSPS) is 9.76. The number of hydrogen-bond donors (Lipinski definition) is 3. The molecule has 0 spiro atoms. The van der Waals surface area contributed by atoms with Gasteiger partial charge in [0, 0.05) is 9.50 Å². The molecule has 1 rings (SSSR count). The molecule has 0 heterocycles. The maximum atomic E-state index is 11.3. The van der Waals surface area contributed by atoms with Gasteiger partial charge in [-0.05, 0) is 34.1 Å². The Bertz CT molecular complexity index is 441. The van der Waals surface area contributed by atoms with Crippen molar-refractivity contribution in [2.45, 2.75) is 0 Å². The Morgan fingerprint density at radius 1 is 1.47 bits per heavy atom. The summed E-state index contributed by atoms with van der Waals surface area (Å²) in [5.74, 6) is -1.19. The Morgan fingerprint density at radius 2 is 2.18 bits per heavy atom. The summed E-state index contributed by atoms with van der Waals surface area (Å²) < 4.78 is 0.635. The molecule has 1 aromatic carbocycles. The highest BCUT2D eigenvalue weighted by molar-refractivity contribution is 9.10. The number of halogens is 2. The van der Waals surface area contributed by atoms with E-state index in [9.17, 15) is 9.59 Å². The Kier molecular flexibility index (Phi) is 5.20. The number of amides is 2. The fourth-order valence-electron chi connectivity index (χ4n) is 0.904. The number of rotatable bonds is 4. The van der Waals surface area contributed by atoms with Crippen LogP contribution in [-0.2, 0) is 9.63 Å². The first-order valence-corrected chi connectivity index (χ1v) is 5.52. The molecule has 0 aliphatic carbocycles. The van der Waals surface area contributed by atoms with Gasteiger partial charge in [0.15, 0.2) is 6.61 Å². The quantitative estimate of drug-likeness (QED) is 0.742. The van der Waals surface area contributed by atoms with Crippen LogP contribution in [0.15, 0.2) is 22.7 Å². The van der Waals surface area contributed by atoms with Crippen LogP contribution in [0.2, 0.25) is 5.02 Å². The first-order valence-electron chi connectivity index (χ1n) is 4.34. The SMILES string of the molecule is O=C(O)CONC(=O)Nc1cc(Cl)ccc1Br. The van der Waals surface area contributed by atoms with Crippen molar-refractivity contribution in [2.24, 2.45) is 0 Å². The van der Waals surface area contributed by atoms with Gasteiger partial charge in [0.2, 0.25) is 0 Å². The van der Waals surface area contributed by atoms with Gasteiger partial charge in [-0.3, -0.25) is 4.84 Å². The molecule has 92 valence electrons. The van der Waals surface area contributed by atoms with E-state index in [1.807, 2.05) is 5.48 Å². The van der Waals surface area contributed by atoms with Crippen LogP contribution in [0, 0.1) is 0 Å². The summed E-state index contributed by atoms with van der Waals surface area (Å²) in [6, 6.07) is 4.14. The van der Waals surface area contributed by atoms with Crippen molar-refractivity contribution in [3.63, 3.8) is 0 Å². The second-order valence-corrected chi connectivity index (χ2v) is 4.15. The molecule has 17 heavy (non-hydrogen) atoms. The topological polar surface area (TPSA) is 87.7 Å². The van der Waals surface area contributed by atoms with Crippen molar-refractivity contribution < 1.29 is 19.5 Å². The van der Waals surface area contributed by atoms with Crippen LogP contribution < -0.4 is 10.8 Å². The lowest BCUT2D eigenvalue weighted by atomic mass is 10.3. The molecule has 0 aliphatic heterocycles. The van der Waals surface area contributed by atoms with E-state index in [1.165, 1.54) is 6.07 Å². The molecule has 8 heteroatoms. The van der Waals surface area contributed by atoms with Gasteiger partial charge in [0.25, 0.3) is 0 Å². The molecular weight excluding hydrogens is 315 g/mol. The Labute approximate surface area is 110 Å². The number of carboxylic acid groups (broad SMARTS) is 1. The average molecular weight is 324 g/mol. The maximum Gasteiger partial charge on any atom is 0.343 e. The molecule has 2 amide bonds. The highest BCUT2D eigenvalue weighted by Crippen LogP contribution is 2.25. The highest BCUT2D eigenvalue weighted by atomic mass is 79.9.